The lowest BCUT2D eigenvalue weighted by molar-refractivity contribution is -0.137. The van der Waals surface area contributed by atoms with Gasteiger partial charge in [0.2, 0.25) is 0 Å². The summed E-state index contributed by atoms with van der Waals surface area (Å²) in [7, 11) is 1.79. The molecule has 0 unspecified atom stereocenters. The van der Waals surface area contributed by atoms with Crippen molar-refractivity contribution >= 4 is 5.97 Å². The average molecular weight is 446 g/mol. The summed E-state index contributed by atoms with van der Waals surface area (Å²) in [6.07, 6.45) is 3.62. The predicted octanol–water partition coefficient (Wildman–Crippen LogP) is 4.69. The van der Waals surface area contributed by atoms with E-state index in [-0.39, 0.29) is 24.0 Å². The van der Waals surface area contributed by atoms with Gasteiger partial charge in [-0.2, -0.15) is 0 Å². The second kappa shape index (κ2) is 8.10. The Morgan fingerprint density at radius 1 is 1.21 bits per heavy atom. The van der Waals surface area contributed by atoms with Gasteiger partial charge in [0, 0.05) is 36.4 Å². The third kappa shape index (κ3) is 3.69. The highest BCUT2D eigenvalue weighted by Crippen LogP contribution is 2.43. The third-order valence-corrected chi connectivity index (χ3v) is 6.85. The van der Waals surface area contributed by atoms with Gasteiger partial charge in [-0.3, -0.25) is 9.59 Å². The number of aromatic nitrogens is 1. The van der Waals surface area contributed by atoms with Crippen LogP contribution in [0.5, 0.6) is 11.5 Å². The summed E-state index contributed by atoms with van der Waals surface area (Å²) < 4.78 is 13.8. The average Bonchev–Trinajstić information content (AvgIpc) is 3.36. The monoisotopic (exact) mass is 445 g/mol. The third-order valence-electron chi connectivity index (χ3n) is 6.85. The number of hydrogen-bond acceptors (Lipinski definition) is 4. The fourth-order valence-corrected chi connectivity index (χ4v) is 5.34. The molecule has 2 aliphatic rings. The number of ether oxygens (including phenoxy) is 2. The Morgan fingerprint density at radius 3 is 2.82 bits per heavy atom. The van der Waals surface area contributed by atoms with Crippen LogP contribution in [0.1, 0.15) is 52.7 Å². The van der Waals surface area contributed by atoms with Gasteiger partial charge in [-0.25, -0.2) is 0 Å². The summed E-state index contributed by atoms with van der Waals surface area (Å²) in [5.74, 6) is 0.481. The Hall–Kier alpha value is -3.54. The maximum absolute atomic E-state index is 12.6. The molecule has 0 fully saturated rings. The van der Waals surface area contributed by atoms with Gasteiger partial charge in [-0.05, 0) is 60.6 Å². The summed E-state index contributed by atoms with van der Waals surface area (Å²) in [5, 5.41) is 9.11. The van der Waals surface area contributed by atoms with Crippen molar-refractivity contribution < 1.29 is 19.4 Å². The molecule has 1 N–H and O–H groups in total. The number of carboxylic acid groups (broad SMARTS) is 1. The zero-order valence-electron chi connectivity index (χ0n) is 19.1. The molecule has 1 aliphatic carbocycles. The van der Waals surface area contributed by atoms with Crippen LogP contribution in [0.15, 0.2) is 47.4 Å². The second-order valence-corrected chi connectivity index (χ2v) is 9.05. The van der Waals surface area contributed by atoms with Crippen LogP contribution >= 0.6 is 0 Å². The summed E-state index contributed by atoms with van der Waals surface area (Å²) in [5.41, 5.74) is 7.32. The van der Waals surface area contributed by atoms with Gasteiger partial charge in [0.25, 0.3) is 5.56 Å². The quantitative estimate of drug-likeness (QED) is 0.617. The molecule has 0 radical (unpaired) electrons. The normalized spacial score (nSPS) is 18.5. The highest BCUT2D eigenvalue weighted by molar-refractivity contribution is 5.75. The highest BCUT2D eigenvalue weighted by Gasteiger charge is 2.30. The number of pyridine rings is 1. The standard InChI is InChI=1S/C27H27NO5/c1-15-13-28(3)27(31)16(2)26(15)22-6-4-5-21-20(22)9-10-23(21)33-18-7-8-19-17(11-25(29)30)14-32-24(19)12-18/h4-8,12-13,17,23H,9-11,14H2,1-3H3,(H,29,30)/t17-,23-/m1/s1. The van der Waals surface area contributed by atoms with Crippen LogP contribution < -0.4 is 15.0 Å². The molecule has 2 atom stereocenters. The van der Waals surface area contributed by atoms with Crippen molar-refractivity contribution in [3.63, 3.8) is 0 Å². The van der Waals surface area contributed by atoms with E-state index in [1.165, 1.54) is 5.56 Å². The number of hydrogen-bond donors (Lipinski definition) is 1. The number of rotatable bonds is 5. The van der Waals surface area contributed by atoms with Crippen LogP contribution in [0.2, 0.25) is 0 Å². The first kappa shape index (κ1) is 21.3. The lowest BCUT2D eigenvalue weighted by Crippen LogP contribution is -2.20. The minimum absolute atomic E-state index is 0.0262. The van der Waals surface area contributed by atoms with Crippen LogP contribution in [0.4, 0.5) is 0 Å². The predicted molar refractivity (Wildman–Crippen MR) is 125 cm³/mol. The van der Waals surface area contributed by atoms with Crippen molar-refractivity contribution in [2.45, 2.75) is 45.1 Å². The molecule has 0 spiro atoms. The Morgan fingerprint density at radius 2 is 2.03 bits per heavy atom. The van der Waals surface area contributed by atoms with Crippen LogP contribution in [0, 0.1) is 13.8 Å². The summed E-state index contributed by atoms with van der Waals surface area (Å²) in [4.78, 5) is 23.7. The van der Waals surface area contributed by atoms with Crippen LogP contribution in [-0.4, -0.2) is 22.2 Å². The van der Waals surface area contributed by atoms with Crippen LogP contribution in [0.25, 0.3) is 11.1 Å². The van der Waals surface area contributed by atoms with Crippen molar-refractivity contribution in [1.29, 1.82) is 0 Å². The van der Waals surface area contributed by atoms with Crippen molar-refractivity contribution in [3.8, 4) is 22.6 Å². The molecule has 5 rings (SSSR count). The van der Waals surface area contributed by atoms with E-state index in [1.54, 1.807) is 11.6 Å². The number of carbonyl (C=O) groups is 1. The Bertz CT molecular complexity index is 1320. The van der Waals surface area contributed by atoms with E-state index < -0.39 is 5.97 Å². The van der Waals surface area contributed by atoms with E-state index in [2.05, 4.69) is 12.1 Å². The molecule has 0 bridgehead atoms. The van der Waals surface area contributed by atoms with Crippen molar-refractivity contribution in [3.05, 3.63) is 80.8 Å². The fourth-order valence-electron chi connectivity index (χ4n) is 5.34. The van der Waals surface area contributed by atoms with E-state index in [1.807, 2.05) is 44.3 Å². The number of aryl methyl sites for hydroxylation is 2. The van der Waals surface area contributed by atoms with E-state index in [0.29, 0.717) is 18.1 Å². The van der Waals surface area contributed by atoms with E-state index >= 15 is 0 Å². The summed E-state index contributed by atoms with van der Waals surface area (Å²) >= 11 is 0. The SMILES string of the molecule is Cc1cn(C)c(=O)c(C)c1-c1cccc2c1CC[C@H]2Oc1ccc2c(c1)OC[C@H]2CC(=O)O. The molecule has 0 saturated heterocycles. The van der Waals surface area contributed by atoms with Gasteiger partial charge >= 0.3 is 5.97 Å². The highest BCUT2D eigenvalue weighted by atomic mass is 16.5. The Balaban J connectivity index is 1.44. The lowest BCUT2D eigenvalue weighted by Gasteiger charge is -2.18. The smallest absolute Gasteiger partial charge is 0.304 e. The molecule has 170 valence electrons. The van der Waals surface area contributed by atoms with Crippen LogP contribution in [-0.2, 0) is 18.3 Å². The van der Waals surface area contributed by atoms with E-state index in [9.17, 15) is 9.59 Å². The second-order valence-electron chi connectivity index (χ2n) is 9.05. The molecule has 0 amide bonds. The zero-order valence-corrected chi connectivity index (χ0v) is 19.1. The molecule has 2 aromatic carbocycles. The molecule has 6 heteroatoms. The van der Waals surface area contributed by atoms with Gasteiger partial charge in [-0.15, -0.1) is 0 Å². The van der Waals surface area contributed by atoms with E-state index in [4.69, 9.17) is 14.6 Å². The van der Waals surface area contributed by atoms with Crippen molar-refractivity contribution in [2.75, 3.05) is 6.61 Å². The maximum atomic E-state index is 12.6. The van der Waals surface area contributed by atoms with Gasteiger partial charge in [0.05, 0.1) is 13.0 Å². The summed E-state index contributed by atoms with van der Waals surface area (Å²) in [6, 6.07) is 11.9. The van der Waals surface area contributed by atoms with Crippen molar-refractivity contribution in [2.24, 2.45) is 7.05 Å². The van der Waals surface area contributed by atoms with Gasteiger partial charge in [-0.1, -0.05) is 24.3 Å². The molecule has 33 heavy (non-hydrogen) atoms. The molecule has 6 nitrogen and oxygen atoms in total. The Labute approximate surface area is 192 Å². The first-order valence-corrected chi connectivity index (χ1v) is 11.3. The number of aliphatic carboxylic acids is 1. The topological polar surface area (TPSA) is 77.8 Å². The molecule has 2 heterocycles. The number of fused-ring (bicyclic) bond motifs is 2. The van der Waals surface area contributed by atoms with Crippen molar-refractivity contribution in [1.82, 2.24) is 4.57 Å². The van der Waals surface area contributed by atoms with Gasteiger partial charge in [0.15, 0.2) is 0 Å². The van der Waals surface area contributed by atoms with Gasteiger partial charge in [0.1, 0.15) is 17.6 Å². The molecular weight excluding hydrogens is 418 g/mol. The zero-order chi connectivity index (χ0) is 23.3. The molecule has 1 aliphatic heterocycles. The first-order valence-electron chi connectivity index (χ1n) is 11.3. The lowest BCUT2D eigenvalue weighted by atomic mass is 9.92. The number of nitrogens with zero attached hydrogens (tertiary/aromatic N) is 1. The number of carboxylic acids is 1. The molecular formula is C27H27NO5. The summed E-state index contributed by atoms with van der Waals surface area (Å²) in [6.45, 7) is 4.33. The molecule has 1 aromatic heterocycles. The van der Waals surface area contributed by atoms with Gasteiger partial charge < -0.3 is 19.1 Å². The fraction of sp³-hybridized carbons (Fsp3) is 0.333. The number of benzene rings is 2. The largest absolute Gasteiger partial charge is 0.492 e. The molecule has 3 aromatic rings. The minimum atomic E-state index is -0.822. The van der Waals surface area contributed by atoms with E-state index in [0.717, 1.165) is 46.2 Å². The first-order chi connectivity index (χ1) is 15.8. The minimum Gasteiger partial charge on any atom is -0.492 e. The van der Waals surface area contributed by atoms with Crippen LogP contribution in [0.3, 0.4) is 0 Å². The Kier molecular flexibility index (Phi) is 5.23. The molecule has 0 saturated carbocycles. The maximum Gasteiger partial charge on any atom is 0.304 e.